The molecule has 0 bridgehead atoms. The number of hydrogen-bond acceptors (Lipinski definition) is 2. The molecule has 0 aromatic carbocycles. The van der Waals surface area contributed by atoms with Gasteiger partial charge in [-0.05, 0) is 65.5 Å². The highest BCUT2D eigenvalue weighted by atomic mass is 16.5. The van der Waals surface area contributed by atoms with E-state index in [2.05, 4.69) is 64.1 Å². The molecule has 1 unspecified atom stereocenters. The van der Waals surface area contributed by atoms with Crippen molar-refractivity contribution >= 4 is 0 Å². The Balaban J connectivity index is 4.10. The lowest BCUT2D eigenvalue weighted by molar-refractivity contribution is -0.0704. The van der Waals surface area contributed by atoms with Crippen LogP contribution in [-0.2, 0) is 4.74 Å². The van der Waals surface area contributed by atoms with Crippen LogP contribution >= 0.6 is 0 Å². The average Bonchev–Trinajstić information content (AvgIpc) is 3.02. The van der Waals surface area contributed by atoms with Gasteiger partial charge in [0.15, 0.2) is 0 Å². The van der Waals surface area contributed by atoms with E-state index >= 15 is 0 Å². The van der Waals surface area contributed by atoms with Crippen LogP contribution in [0.15, 0.2) is 24.3 Å². The van der Waals surface area contributed by atoms with Crippen molar-refractivity contribution in [3.63, 3.8) is 0 Å². The van der Waals surface area contributed by atoms with E-state index in [9.17, 15) is 0 Å². The van der Waals surface area contributed by atoms with Crippen LogP contribution in [0.3, 0.4) is 0 Å². The van der Waals surface area contributed by atoms with Crippen LogP contribution in [0.5, 0.6) is 0 Å². The van der Waals surface area contributed by atoms with E-state index < -0.39 is 0 Å². The molecule has 0 amide bonds. The Labute approximate surface area is 286 Å². The Morgan fingerprint density at radius 1 is 0.422 bits per heavy atom. The fourth-order valence-corrected chi connectivity index (χ4v) is 6.75. The molecule has 0 aliphatic carbocycles. The maximum atomic E-state index is 6.77. The van der Waals surface area contributed by atoms with Crippen LogP contribution in [0.4, 0.5) is 0 Å². The molecular weight excluding hydrogens is 546 g/mol. The molecule has 0 fully saturated rings. The zero-order valence-electron chi connectivity index (χ0n) is 32.0. The number of hydrogen-bond donors (Lipinski definition) is 0. The fourth-order valence-electron chi connectivity index (χ4n) is 6.75. The lowest BCUT2D eigenvalue weighted by atomic mass is 9.85. The first-order chi connectivity index (χ1) is 22.1. The molecular formula is C43H85NO. The normalized spacial score (nSPS) is 13.6. The zero-order valence-corrected chi connectivity index (χ0v) is 32.0. The van der Waals surface area contributed by atoms with Crippen molar-refractivity contribution in [3.05, 3.63) is 24.3 Å². The summed E-state index contributed by atoms with van der Waals surface area (Å²) >= 11 is 0. The van der Waals surface area contributed by atoms with Crippen LogP contribution in [0.25, 0.3) is 0 Å². The highest BCUT2D eigenvalue weighted by molar-refractivity contribution is 4.92. The van der Waals surface area contributed by atoms with Gasteiger partial charge < -0.3 is 9.64 Å². The number of ether oxygens (including phenoxy) is 1. The van der Waals surface area contributed by atoms with E-state index in [4.69, 9.17) is 4.74 Å². The van der Waals surface area contributed by atoms with Crippen LogP contribution in [-0.4, -0.2) is 37.7 Å². The van der Waals surface area contributed by atoms with Gasteiger partial charge in [-0.3, -0.25) is 0 Å². The predicted octanol–water partition coefficient (Wildman–Crippen LogP) is 14.6. The van der Waals surface area contributed by atoms with Crippen molar-refractivity contribution in [2.45, 2.75) is 225 Å². The van der Waals surface area contributed by atoms with E-state index in [1.54, 1.807) is 0 Å². The standard InChI is InChI=1S/C43H85NO/c1-6-9-11-13-15-17-19-21-23-25-27-29-31-33-35-37-40-43(38-8-3,45-42-41-44(4)5)39-36-34-32-30-28-26-24-22-20-18-16-14-12-10-7-2/h16,18,22,24H,6-15,17,19-21,23,25-42H2,1-5H3/b18-16-,24-22+. The number of allylic oxidation sites excluding steroid dienone is 4. The monoisotopic (exact) mass is 632 g/mol. The Kier molecular flexibility index (Phi) is 35.8. The minimum absolute atomic E-state index is 0.119. The van der Waals surface area contributed by atoms with Gasteiger partial charge in [-0.2, -0.15) is 0 Å². The first-order valence-electron chi connectivity index (χ1n) is 20.7. The molecule has 0 rings (SSSR count). The summed E-state index contributed by atoms with van der Waals surface area (Å²) in [5, 5.41) is 0. The molecule has 2 nitrogen and oxygen atoms in total. The molecule has 2 heteroatoms. The summed E-state index contributed by atoms with van der Waals surface area (Å²) in [7, 11) is 4.34. The molecule has 268 valence electrons. The molecule has 0 aromatic heterocycles. The molecule has 0 N–H and O–H groups in total. The van der Waals surface area contributed by atoms with Gasteiger partial charge >= 0.3 is 0 Å². The number of unbranched alkanes of at least 4 members (excludes halogenated alkanes) is 23. The highest BCUT2D eigenvalue weighted by Crippen LogP contribution is 2.32. The molecule has 0 radical (unpaired) electrons. The van der Waals surface area contributed by atoms with Crippen molar-refractivity contribution in [1.82, 2.24) is 4.90 Å². The van der Waals surface area contributed by atoms with E-state index in [0.29, 0.717) is 0 Å². The average molecular weight is 632 g/mol. The van der Waals surface area contributed by atoms with E-state index in [1.807, 2.05) is 0 Å². The second-order valence-electron chi connectivity index (χ2n) is 14.6. The minimum atomic E-state index is 0.119. The first-order valence-corrected chi connectivity index (χ1v) is 20.7. The van der Waals surface area contributed by atoms with Crippen LogP contribution in [0.2, 0.25) is 0 Å². The number of nitrogens with zero attached hydrogens (tertiary/aromatic N) is 1. The molecule has 0 saturated carbocycles. The van der Waals surface area contributed by atoms with E-state index in [1.165, 1.54) is 193 Å². The van der Waals surface area contributed by atoms with Crippen molar-refractivity contribution < 1.29 is 4.74 Å². The van der Waals surface area contributed by atoms with Gasteiger partial charge in [-0.1, -0.05) is 193 Å². The largest absolute Gasteiger partial charge is 0.374 e. The van der Waals surface area contributed by atoms with Gasteiger partial charge in [0.1, 0.15) is 0 Å². The summed E-state index contributed by atoms with van der Waals surface area (Å²) in [5.41, 5.74) is 0.119. The van der Waals surface area contributed by atoms with Crippen molar-refractivity contribution in [1.29, 1.82) is 0 Å². The Bertz CT molecular complexity index is 611. The molecule has 0 aliphatic heterocycles. The maximum absolute atomic E-state index is 6.77. The fraction of sp³-hybridized carbons (Fsp3) is 0.907. The summed E-state index contributed by atoms with van der Waals surface area (Å²) in [5.74, 6) is 0. The number of likely N-dealkylation sites (N-methyl/N-ethyl adjacent to an activating group) is 1. The topological polar surface area (TPSA) is 12.5 Å². The molecule has 0 spiro atoms. The van der Waals surface area contributed by atoms with E-state index in [-0.39, 0.29) is 5.60 Å². The Morgan fingerprint density at radius 3 is 1.22 bits per heavy atom. The predicted molar refractivity (Wildman–Crippen MR) is 206 cm³/mol. The summed E-state index contributed by atoms with van der Waals surface area (Å²) in [6, 6.07) is 0. The smallest absolute Gasteiger partial charge is 0.0683 e. The lowest BCUT2D eigenvalue weighted by Gasteiger charge is -2.35. The summed E-state index contributed by atoms with van der Waals surface area (Å²) < 4.78 is 6.77. The number of rotatable bonds is 37. The van der Waals surface area contributed by atoms with Gasteiger partial charge in [0.2, 0.25) is 0 Å². The third kappa shape index (κ3) is 33.1. The Morgan fingerprint density at radius 2 is 0.800 bits per heavy atom. The third-order valence-corrected chi connectivity index (χ3v) is 9.72. The maximum Gasteiger partial charge on any atom is 0.0683 e. The van der Waals surface area contributed by atoms with Crippen molar-refractivity contribution in [3.8, 4) is 0 Å². The molecule has 0 aromatic rings. The van der Waals surface area contributed by atoms with Crippen LogP contribution in [0, 0.1) is 0 Å². The van der Waals surface area contributed by atoms with E-state index in [0.717, 1.165) is 19.6 Å². The molecule has 45 heavy (non-hydrogen) atoms. The first kappa shape index (κ1) is 44.4. The summed E-state index contributed by atoms with van der Waals surface area (Å²) in [6.07, 6.45) is 51.9. The van der Waals surface area contributed by atoms with Gasteiger partial charge in [0, 0.05) is 6.54 Å². The molecule has 1 atom stereocenters. The van der Waals surface area contributed by atoms with Crippen LogP contribution < -0.4 is 0 Å². The molecule has 0 heterocycles. The third-order valence-electron chi connectivity index (χ3n) is 9.72. The SMILES string of the molecule is CCCCC/C=C\C/C=C/CCCCCCCC(CCC)(CCCCCCCCCCCCCCCCCC)OCCN(C)C. The summed E-state index contributed by atoms with van der Waals surface area (Å²) in [4.78, 5) is 2.27. The van der Waals surface area contributed by atoms with Crippen molar-refractivity contribution in [2.75, 3.05) is 27.2 Å². The van der Waals surface area contributed by atoms with Gasteiger partial charge in [0.25, 0.3) is 0 Å². The minimum Gasteiger partial charge on any atom is -0.374 e. The lowest BCUT2D eigenvalue weighted by Crippen LogP contribution is -2.35. The van der Waals surface area contributed by atoms with Crippen molar-refractivity contribution in [2.24, 2.45) is 0 Å². The van der Waals surface area contributed by atoms with Crippen LogP contribution in [0.1, 0.15) is 220 Å². The molecule has 0 aliphatic rings. The van der Waals surface area contributed by atoms with Gasteiger partial charge in [0.05, 0.1) is 12.2 Å². The van der Waals surface area contributed by atoms with Gasteiger partial charge in [-0.25, -0.2) is 0 Å². The Hall–Kier alpha value is -0.600. The zero-order chi connectivity index (χ0) is 32.9. The second kappa shape index (κ2) is 36.2. The highest BCUT2D eigenvalue weighted by Gasteiger charge is 2.29. The van der Waals surface area contributed by atoms with Gasteiger partial charge in [-0.15, -0.1) is 0 Å². The molecule has 0 saturated heterocycles. The second-order valence-corrected chi connectivity index (χ2v) is 14.6. The quantitative estimate of drug-likeness (QED) is 0.0499. The summed E-state index contributed by atoms with van der Waals surface area (Å²) in [6.45, 7) is 8.85.